The maximum Gasteiger partial charge on any atom is 0.151 e. The van der Waals surface area contributed by atoms with Crippen LogP contribution in [-0.4, -0.2) is 11.3 Å². The highest BCUT2D eigenvalue weighted by Gasteiger charge is 1.97. The summed E-state index contributed by atoms with van der Waals surface area (Å²) in [6, 6.07) is 3.64. The fraction of sp³-hybridized carbons (Fsp3) is 0.250. The van der Waals surface area contributed by atoms with Gasteiger partial charge in [0.2, 0.25) is 0 Å². The van der Waals surface area contributed by atoms with E-state index in [0.717, 1.165) is 24.0 Å². The van der Waals surface area contributed by atoms with Crippen molar-refractivity contribution in [3.05, 3.63) is 66.0 Å². The average molecular weight is 243 g/mol. The summed E-state index contributed by atoms with van der Waals surface area (Å²) in [6.45, 7) is 9.65. The van der Waals surface area contributed by atoms with Gasteiger partial charge >= 0.3 is 0 Å². The maximum absolute atomic E-state index is 10.5. The Kier molecular flexibility index (Phi) is 9.10. The largest absolute Gasteiger partial charge is 0.298 e. The molecule has 2 heteroatoms. The summed E-state index contributed by atoms with van der Waals surface area (Å²) in [5.41, 5.74) is 2.68. The van der Waals surface area contributed by atoms with Crippen LogP contribution in [-0.2, 0) is 6.42 Å². The lowest BCUT2D eigenvalue weighted by atomic mass is 10.1. The Morgan fingerprint density at radius 2 is 2.11 bits per heavy atom. The third-order valence-corrected chi connectivity index (χ3v) is 2.08. The van der Waals surface area contributed by atoms with Crippen molar-refractivity contribution in [2.45, 2.75) is 27.2 Å². The van der Waals surface area contributed by atoms with Gasteiger partial charge in [-0.1, -0.05) is 44.7 Å². The first-order valence-corrected chi connectivity index (χ1v) is 6.14. The molecule has 0 bridgehead atoms. The predicted molar refractivity (Wildman–Crippen MR) is 77.8 cm³/mol. The predicted octanol–water partition coefficient (Wildman–Crippen LogP) is 4.15. The van der Waals surface area contributed by atoms with E-state index in [2.05, 4.69) is 11.6 Å². The van der Waals surface area contributed by atoms with Gasteiger partial charge in [-0.25, -0.2) is 0 Å². The molecule has 0 aliphatic rings. The number of allylic oxidation sites excluding steroid dienone is 5. The van der Waals surface area contributed by atoms with Crippen molar-refractivity contribution in [2.75, 3.05) is 0 Å². The highest BCUT2D eigenvalue weighted by molar-refractivity contribution is 5.73. The van der Waals surface area contributed by atoms with E-state index in [0.29, 0.717) is 5.56 Å². The summed E-state index contributed by atoms with van der Waals surface area (Å²) in [5, 5.41) is 0. The third kappa shape index (κ3) is 5.94. The molecule has 2 nitrogen and oxygen atoms in total. The quantitative estimate of drug-likeness (QED) is 0.574. The van der Waals surface area contributed by atoms with Gasteiger partial charge in [0.25, 0.3) is 0 Å². The Morgan fingerprint density at radius 1 is 1.39 bits per heavy atom. The molecule has 96 valence electrons. The Balaban J connectivity index is 0.00000137. The number of nitrogens with zero attached hydrogens (tertiary/aromatic N) is 1. The number of carbonyl (C=O) groups excluding carboxylic acids is 1. The number of hydrogen-bond donors (Lipinski definition) is 0. The summed E-state index contributed by atoms with van der Waals surface area (Å²) in [4.78, 5) is 14.7. The van der Waals surface area contributed by atoms with Crippen molar-refractivity contribution in [1.82, 2.24) is 4.98 Å². The number of hydrogen-bond acceptors (Lipinski definition) is 2. The van der Waals surface area contributed by atoms with E-state index in [1.165, 1.54) is 0 Å². The number of aromatic nitrogens is 1. The van der Waals surface area contributed by atoms with Crippen molar-refractivity contribution in [3.63, 3.8) is 0 Å². The van der Waals surface area contributed by atoms with Gasteiger partial charge in [0, 0.05) is 23.9 Å². The van der Waals surface area contributed by atoms with Gasteiger partial charge in [-0.15, -0.1) is 0 Å². The van der Waals surface area contributed by atoms with Gasteiger partial charge in [-0.3, -0.25) is 9.78 Å². The monoisotopic (exact) mass is 243 g/mol. The van der Waals surface area contributed by atoms with Crippen LogP contribution >= 0.6 is 0 Å². The lowest BCUT2D eigenvalue weighted by Crippen LogP contribution is -1.93. The minimum absolute atomic E-state index is 0.601. The van der Waals surface area contributed by atoms with Gasteiger partial charge in [0.1, 0.15) is 0 Å². The van der Waals surface area contributed by atoms with Crippen LogP contribution in [0.2, 0.25) is 0 Å². The van der Waals surface area contributed by atoms with Crippen molar-refractivity contribution < 1.29 is 4.79 Å². The molecule has 0 N–H and O–H groups in total. The zero-order valence-corrected chi connectivity index (χ0v) is 11.4. The van der Waals surface area contributed by atoms with Gasteiger partial charge in [0.15, 0.2) is 6.29 Å². The molecule has 0 radical (unpaired) electrons. The molecule has 1 aromatic rings. The minimum atomic E-state index is 0.601. The van der Waals surface area contributed by atoms with Crippen LogP contribution < -0.4 is 0 Å². The first kappa shape index (κ1) is 16.0. The number of rotatable bonds is 5. The summed E-state index contributed by atoms with van der Waals surface area (Å²) in [6.07, 6.45) is 10.8. The molecule has 0 unspecified atom stereocenters. The molecule has 1 rings (SSSR count). The van der Waals surface area contributed by atoms with Crippen molar-refractivity contribution >= 4 is 6.29 Å². The smallest absolute Gasteiger partial charge is 0.151 e. The highest BCUT2D eigenvalue weighted by atomic mass is 16.1. The van der Waals surface area contributed by atoms with Gasteiger partial charge in [-0.2, -0.15) is 0 Å². The molecule has 0 fully saturated rings. The Labute approximate surface area is 110 Å². The molecule has 0 spiro atoms. The fourth-order valence-corrected chi connectivity index (χ4v) is 1.36. The molecule has 0 amide bonds. The Hall–Kier alpha value is -1.96. The molecule has 0 saturated carbocycles. The zero-order chi connectivity index (χ0) is 13.8. The van der Waals surface area contributed by atoms with Crippen molar-refractivity contribution in [1.29, 1.82) is 0 Å². The van der Waals surface area contributed by atoms with Gasteiger partial charge < -0.3 is 0 Å². The van der Waals surface area contributed by atoms with Gasteiger partial charge in [-0.05, 0) is 24.6 Å². The van der Waals surface area contributed by atoms with E-state index in [1.54, 1.807) is 18.3 Å². The molecule has 0 aliphatic heterocycles. The van der Waals surface area contributed by atoms with Crippen molar-refractivity contribution in [2.24, 2.45) is 0 Å². The Morgan fingerprint density at radius 3 is 2.56 bits per heavy atom. The van der Waals surface area contributed by atoms with Crippen LogP contribution in [0.3, 0.4) is 0 Å². The van der Waals surface area contributed by atoms with E-state index in [9.17, 15) is 4.79 Å². The number of pyridine rings is 1. The molecule has 0 saturated heterocycles. The lowest BCUT2D eigenvalue weighted by molar-refractivity contribution is 0.112. The summed E-state index contributed by atoms with van der Waals surface area (Å²) in [5.74, 6) is 0. The first-order valence-electron chi connectivity index (χ1n) is 6.14. The second kappa shape index (κ2) is 10.2. The minimum Gasteiger partial charge on any atom is -0.298 e. The normalized spacial score (nSPS) is 10.7. The molecule has 1 heterocycles. The summed E-state index contributed by atoms with van der Waals surface area (Å²) in [7, 11) is 0. The highest BCUT2D eigenvalue weighted by Crippen LogP contribution is 2.08. The van der Waals surface area contributed by atoms with Crippen LogP contribution in [0.15, 0.2) is 54.8 Å². The Bertz CT molecular complexity index is 413. The van der Waals surface area contributed by atoms with Crippen LogP contribution in [0.4, 0.5) is 0 Å². The van der Waals surface area contributed by atoms with Crippen LogP contribution in [0.25, 0.3) is 0 Å². The van der Waals surface area contributed by atoms with Crippen LogP contribution in [0, 0.1) is 0 Å². The molecule has 0 aliphatic carbocycles. The zero-order valence-electron chi connectivity index (χ0n) is 11.4. The topological polar surface area (TPSA) is 30.0 Å². The second-order valence-electron chi connectivity index (χ2n) is 3.35. The molecular formula is C16H21NO. The SMILES string of the molecule is C=C/C=C(\C=C/C)Cc1ccc(C=O)cn1.CC. The standard InChI is InChI=1S/C14H15NO.C2H6/c1-3-5-12(6-4-2)9-14-8-7-13(11-16)10-15-14;1-2/h3-8,10-11H,1,9H2,2H3;1-2H3/b6-4-,12-5+;. The molecule has 18 heavy (non-hydrogen) atoms. The maximum atomic E-state index is 10.5. The van der Waals surface area contributed by atoms with Crippen molar-refractivity contribution in [3.8, 4) is 0 Å². The summed E-state index contributed by atoms with van der Waals surface area (Å²) < 4.78 is 0. The van der Waals surface area contributed by atoms with E-state index >= 15 is 0 Å². The second-order valence-corrected chi connectivity index (χ2v) is 3.35. The molecule has 0 aromatic carbocycles. The third-order valence-electron chi connectivity index (χ3n) is 2.08. The molecule has 0 atom stereocenters. The fourth-order valence-electron chi connectivity index (χ4n) is 1.36. The molecule has 1 aromatic heterocycles. The lowest BCUT2D eigenvalue weighted by Gasteiger charge is -2.01. The van der Waals surface area contributed by atoms with E-state index in [1.807, 2.05) is 45.1 Å². The van der Waals surface area contributed by atoms with E-state index in [-0.39, 0.29) is 0 Å². The van der Waals surface area contributed by atoms with E-state index in [4.69, 9.17) is 0 Å². The average Bonchev–Trinajstić information content (AvgIpc) is 2.42. The number of aldehydes is 1. The van der Waals surface area contributed by atoms with Crippen LogP contribution in [0.5, 0.6) is 0 Å². The van der Waals surface area contributed by atoms with Crippen LogP contribution in [0.1, 0.15) is 36.8 Å². The molecular weight excluding hydrogens is 222 g/mol. The van der Waals surface area contributed by atoms with Gasteiger partial charge in [0.05, 0.1) is 0 Å². The number of carbonyl (C=O) groups is 1. The first-order chi connectivity index (χ1) is 8.80. The van der Waals surface area contributed by atoms with E-state index < -0.39 is 0 Å². The summed E-state index contributed by atoms with van der Waals surface area (Å²) >= 11 is 0.